The molecule has 0 aliphatic rings. The molecule has 0 bridgehead atoms. The van der Waals surface area contributed by atoms with Crippen molar-refractivity contribution in [2.24, 2.45) is 5.73 Å². The van der Waals surface area contributed by atoms with Gasteiger partial charge in [-0.05, 0) is 37.1 Å². The topological polar surface area (TPSA) is 78.6 Å². The fourth-order valence-corrected chi connectivity index (χ4v) is 2.18. The van der Waals surface area contributed by atoms with Crippen LogP contribution in [0.1, 0.15) is 25.0 Å². The number of nitrogens with two attached hydrogens (primary N) is 1. The van der Waals surface area contributed by atoms with E-state index in [1.54, 1.807) is 18.2 Å². The van der Waals surface area contributed by atoms with Crippen LogP contribution < -0.4 is 10.5 Å². The van der Waals surface area contributed by atoms with Gasteiger partial charge in [-0.2, -0.15) is 0 Å². The van der Waals surface area contributed by atoms with E-state index in [1.165, 1.54) is 0 Å². The SMILES string of the molecule is CC(C)(C(=O)OCc1cccc(OCC(N)=O)c1)c1ccccc1. The Kier molecular flexibility index (Phi) is 5.58. The molecule has 126 valence electrons. The maximum Gasteiger partial charge on any atom is 0.316 e. The molecule has 5 heteroatoms. The van der Waals surface area contributed by atoms with Gasteiger partial charge in [0, 0.05) is 0 Å². The second kappa shape index (κ2) is 7.64. The molecule has 5 nitrogen and oxygen atoms in total. The van der Waals surface area contributed by atoms with Crippen molar-refractivity contribution in [2.45, 2.75) is 25.9 Å². The van der Waals surface area contributed by atoms with Crippen LogP contribution in [0.25, 0.3) is 0 Å². The van der Waals surface area contributed by atoms with E-state index in [9.17, 15) is 9.59 Å². The minimum Gasteiger partial charge on any atom is -0.484 e. The molecular formula is C19H21NO4. The summed E-state index contributed by atoms with van der Waals surface area (Å²) in [6.07, 6.45) is 0. The highest BCUT2D eigenvalue weighted by Gasteiger charge is 2.31. The fraction of sp³-hybridized carbons (Fsp3) is 0.263. The van der Waals surface area contributed by atoms with Gasteiger partial charge in [0.05, 0.1) is 5.41 Å². The molecule has 0 fully saturated rings. The van der Waals surface area contributed by atoms with Crippen LogP contribution in [-0.2, 0) is 26.3 Å². The van der Waals surface area contributed by atoms with Crippen LogP contribution in [0, 0.1) is 0 Å². The van der Waals surface area contributed by atoms with E-state index in [4.69, 9.17) is 15.2 Å². The number of hydrogen-bond acceptors (Lipinski definition) is 4. The Morgan fingerprint density at radius 3 is 2.42 bits per heavy atom. The highest BCUT2D eigenvalue weighted by molar-refractivity contribution is 5.82. The van der Waals surface area contributed by atoms with Crippen molar-refractivity contribution in [2.75, 3.05) is 6.61 Å². The second-order valence-corrected chi connectivity index (χ2v) is 5.97. The summed E-state index contributed by atoms with van der Waals surface area (Å²) in [7, 11) is 0. The van der Waals surface area contributed by atoms with Crippen molar-refractivity contribution >= 4 is 11.9 Å². The smallest absolute Gasteiger partial charge is 0.316 e. The van der Waals surface area contributed by atoms with E-state index in [1.807, 2.05) is 50.2 Å². The average Bonchev–Trinajstić information content (AvgIpc) is 2.59. The summed E-state index contributed by atoms with van der Waals surface area (Å²) in [6, 6.07) is 16.5. The standard InChI is InChI=1S/C19H21NO4/c1-19(2,15-8-4-3-5-9-15)18(22)24-12-14-7-6-10-16(11-14)23-13-17(20)21/h3-11H,12-13H2,1-2H3,(H2,20,21). The fourth-order valence-electron chi connectivity index (χ4n) is 2.18. The quantitative estimate of drug-likeness (QED) is 0.793. The maximum absolute atomic E-state index is 12.4. The molecule has 2 rings (SSSR count). The Labute approximate surface area is 141 Å². The average molecular weight is 327 g/mol. The summed E-state index contributed by atoms with van der Waals surface area (Å²) in [4.78, 5) is 23.2. The van der Waals surface area contributed by atoms with Crippen LogP contribution in [0.5, 0.6) is 5.75 Å². The predicted molar refractivity (Wildman–Crippen MR) is 90.4 cm³/mol. The zero-order chi connectivity index (χ0) is 17.6. The van der Waals surface area contributed by atoms with E-state index in [0.717, 1.165) is 11.1 Å². The molecule has 0 spiro atoms. The number of benzene rings is 2. The van der Waals surface area contributed by atoms with E-state index in [0.29, 0.717) is 5.75 Å². The Morgan fingerprint density at radius 1 is 1.04 bits per heavy atom. The zero-order valence-electron chi connectivity index (χ0n) is 13.8. The van der Waals surface area contributed by atoms with Crippen molar-refractivity contribution in [1.29, 1.82) is 0 Å². The molecular weight excluding hydrogens is 306 g/mol. The van der Waals surface area contributed by atoms with Crippen molar-refractivity contribution in [3.05, 3.63) is 65.7 Å². The van der Waals surface area contributed by atoms with Gasteiger partial charge < -0.3 is 15.2 Å². The second-order valence-electron chi connectivity index (χ2n) is 5.97. The summed E-state index contributed by atoms with van der Waals surface area (Å²) in [5.41, 5.74) is 5.98. The number of carbonyl (C=O) groups is 2. The molecule has 0 radical (unpaired) electrons. The number of amides is 1. The molecule has 0 saturated heterocycles. The van der Waals surface area contributed by atoms with Gasteiger partial charge in [0.25, 0.3) is 5.91 Å². The Balaban J connectivity index is 1.99. The van der Waals surface area contributed by atoms with Crippen LogP contribution in [-0.4, -0.2) is 18.5 Å². The van der Waals surface area contributed by atoms with Gasteiger partial charge in [0.2, 0.25) is 0 Å². The maximum atomic E-state index is 12.4. The molecule has 0 atom stereocenters. The molecule has 2 N–H and O–H groups in total. The van der Waals surface area contributed by atoms with Gasteiger partial charge in [0.1, 0.15) is 12.4 Å². The van der Waals surface area contributed by atoms with Crippen molar-refractivity contribution in [3.63, 3.8) is 0 Å². The largest absolute Gasteiger partial charge is 0.484 e. The summed E-state index contributed by atoms with van der Waals surface area (Å²) in [5.74, 6) is -0.349. The lowest BCUT2D eigenvalue weighted by Gasteiger charge is -2.23. The molecule has 0 saturated carbocycles. The van der Waals surface area contributed by atoms with E-state index < -0.39 is 11.3 Å². The Hall–Kier alpha value is -2.82. The third kappa shape index (κ3) is 4.59. The normalized spacial score (nSPS) is 10.9. The van der Waals surface area contributed by atoms with Crippen molar-refractivity contribution < 1.29 is 19.1 Å². The minimum absolute atomic E-state index is 0.128. The van der Waals surface area contributed by atoms with Gasteiger partial charge in [-0.25, -0.2) is 0 Å². The molecule has 2 aromatic carbocycles. The Morgan fingerprint density at radius 2 is 1.75 bits per heavy atom. The van der Waals surface area contributed by atoms with Crippen molar-refractivity contribution in [3.8, 4) is 5.75 Å². The van der Waals surface area contributed by atoms with Crippen LogP contribution in [0.2, 0.25) is 0 Å². The van der Waals surface area contributed by atoms with E-state index >= 15 is 0 Å². The first-order valence-electron chi connectivity index (χ1n) is 7.62. The molecule has 0 heterocycles. The first-order valence-corrected chi connectivity index (χ1v) is 7.62. The highest BCUT2D eigenvalue weighted by Crippen LogP contribution is 2.25. The van der Waals surface area contributed by atoms with Crippen LogP contribution in [0.4, 0.5) is 0 Å². The van der Waals surface area contributed by atoms with Crippen molar-refractivity contribution in [1.82, 2.24) is 0 Å². The number of carbonyl (C=O) groups excluding carboxylic acids is 2. The third-order valence-corrected chi connectivity index (χ3v) is 3.66. The molecule has 1 amide bonds. The molecule has 0 unspecified atom stereocenters. The minimum atomic E-state index is -0.735. The van der Waals surface area contributed by atoms with Gasteiger partial charge >= 0.3 is 5.97 Å². The number of primary amides is 1. The van der Waals surface area contributed by atoms with Gasteiger partial charge in [-0.15, -0.1) is 0 Å². The molecule has 0 aromatic heterocycles. The summed E-state index contributed by atoms with van der Waals surface area (Å²) in [6.45, 7) is 3.60. The summed E-state index contributed by atoms with van der Waals surface area (Å²) in [5, 5.41) is 0. The summed E-state index contributed by atoms with van der Waals surface area (Å²) >= 11 is 0. The predicted octanol–water partition coefficient (Wildman–Crippen LogP) is 2.57. The van der Waals surface area contributed by atoms with Gasteiger partial charge in [0.15, 0.2) is 6.61 Å². The Bertz CT molecular complexity index is 710. The third-order valence-electron chi connectivity index (χ3n) is 3.66. The number of hydrogen-bond donors (Lipinski definition) is 1. The molecule has 0 aliphatic heterocycles. The number of esters is 1. The van der Waals surface area contributed by atoms with E-state index in [2.05, 4.69) is 0 Å². The molecule has 24 heavy (non-hydrogen) atoms. The lowest BCUT2D eigenvalue weighted by molar-refractivity contribution is -0.150. The van der Waals surface area contributed by atoms with Gasteiger partial charge in [-0.1, -0.05) is 42.5 Å². The van der Waals surface area contributed by atoms with Crippen LogP contribution in [0.3, 0.4) is 0 Å². The van der Waals surface area contributed by atoms with E-state index in [-0.39, 0.29) is 19.2 Å². The first kappa shape index (κ1) is 17.5. The monoisotopic (exact) mass is 327 g/mol. The van der Waals surface area contributed by atoms with Gasteiger partial charge in [-0.3, -0.25) is 9.59 Å². The number of rotatable bonds is 7. The summed E-state index contributed by atoms with van der Waals surface area (Å²) < 4.78 is 10.7. The number of ether oxygens (including phenoxy) is 2. The first-order chi connectivity index (χ1) is 11.4. The zero-order valence-corrected chi connectivity index (χ0v) is 13.8. The molecule has 0 aliphatic carbocycles. The van der Waals surface area contributed by atoms with Crippen LogP contribution >= 0.6 is 0 Å². The molecule has 2 aromatic rings. The van der Waals surface area contributed by atoms with Crippen LogP contribution in [0.15, 0.2) is 54.6 Å². The lowest BCUT2D eigenvalue weighted by Crippen LogP contribution is -2.30. The highest BCUT2D eigenvalue weighted by atomic mass is 16.5. The lowest BCUT2D eigenvalue weighted by atomic mass is 9.85.